The van der Waals surface area contributed by atoms with E-state index in [1.54, 1.807) is 4.57 Å². The van der Waals surface area contributed by atoms with E-state index < -0.39 is 0 Å². The van der Waals surface area contributed by atoms with Crippen LogP contribution >= 0.6 is 11.8 Å². The van der Waals surface area contributed by atoms with Crippen molar-refractivity contribution in [3.05, 3.63) is 77.1 Å². The Labute approximate surface area is 139 Å². The van der Waals surface area contributed by atoms with Crippen LogP contribution in [-0.2, 0) is 6.42 Å². The molecule has 0 atom stereocenters. The van der Waals surface area contributed by atoms with E-state index in [1.165, 1.54) is 11.8 Å². The molecule has 0 fully saturated rings. The van der Waals surface area contributed by atoms with E-state index in [0.717, 1.165) is 23.2 Å². The molecule has 116 valence electrons. The molecule has 1 heterocycles. The summed E-state index contributed by atoms with van der Waals surface area (Å²) in [6, 6.07) is 15.5. The van der Waals surface area contributed by atoms with Gasteiger partial charge < -0.3 is 0 Å². The summed E-state index contributed by atoms with van der Waals surface area (Å²) in [4.78, 5) is 17.8. The van der Waals surface area contributed by atoms with Crippen molar-refractivity contribution in [3.8, 4) is 5.69 Å². The zero-order valence-electron chi connectivity index (χ0n) is 13.0. The Morgan fingerprint density at radius 2 is 1.91 bits per heavy atom. The molecule has 0 unspecified atom stereocenters. The molecule has 0 spiro atoms. The van der Waals surface area contributed by atoms with Gasteiger partial charge in [-0.25, -0.2) is 4.98 Å². The summed E-state index contributed by atoms with van der Waals surface area (Å²) in [5, 5.41) is 1.34. The second-order valence-corrected chi connectivity index (χ2v) is 6.12. The van der Waals surface area contributed by atoms with Gasteiger partial charge in [-0.1, -0.05) is 55.1 Å². The van der Waals surface area contributed by atoms with Crippen molar-refractivity contribution in [1.29, 1.82) is 0 Å². The third-order valence-electron chi connectivity index (χ3n) is 3.69. The molecular formula is C19H18N2OS. The number of aromatic nitrogens is 2. The van der Waals surface area contributed by atoms with Crippen LogP contribution in [0.3, 0.4) is 0 Å². The van der Waals surface area contributed by atoms with Crippen LogP contribution in [0.2, 0.25) is 0 Å². The summed E-state index contributed by atoms with van der Waals surface area (Å²) in [6.45, 7) is 5.85. The third kappa shape index (κ3) is 2.94. The van der Waals surface area contributed by atoms with Crippen molar-refractivity contribution in [1.82, 2.24) is 9.55 Å². The van der Waals surface area contributed by atoms with E-state index in [1.807, 2.05) is 48.5 Å². The van der Waals surface area contributed by atoms with Gasteiger partial charge in [-0.05, 0) is 30.2 Å². The number of hydrogen-bond acceptors (Lipinski definition) is 3. The van der Waals surface area contributed by atoms with E-state index in [4.69, 9.17) is 4.98 Å². The normalized spacial score (nSPS) is 10.8. The molecule has 3 aromatic rings. The fourth-order valence-corrected chi connectivity index (χ4v) is 3.32. The van der Waals surface area contributed by atoms with E-state index in [0.29, 0.717) is 16.3 Å². The monoisotopic (exact) mass is 322 g/mol. The molecule has 0 bridgehead atoms. The lowest BCUT2D eigenvalue weighted by atomic mass is 10.1. The number of hydrogen-bond donors (Lipinski definition) is 0. The minimum absolute atomic E-state index is 0.0249. The average Bonchev–Trinajstić information content (AvgIpc) is 2.60. The van der Waals surface area contributed by atoms with Crippen molar-refractivity contribution < 1.29 is 0 Å². The average molecular weight is 322 g/mol. The first kappa shape index (κ1) is 15.6. The topological polar surface area (TPSA) is 34.9 Å². The van der Waals surface area contributed by atoms with Gasteiger partial charge in [0.15, 0.2) is 5.16 Å². The molecule has 4 heteroatoms. The summed E-state index contributed by atoms with van der Waals surface area (Å²) in [7, 11) is 0. The molecule has 0 aliphatic heterocycles. The smallest absolute Gasteiger partial charge is 0.266 e. The number of fused-ring (bicyclic) bond motifs is 1. The van der Waals surface area contributed by atoms with Gasteiger partial charge in [0, 0.05) is 5.75 Å². The highest BCUT2D eigenvalue weighted by Crippen LogP contribution is 2.23. The quantitative estimate of drug-likeness (QED) is 0.401. The number of rotatable bonds is 5. The first-order chi connectivity index (χ1) is 11.3. The maximum absolute atomic E-state index is 13.1. The second kappa shape index (κ2) is 6.84. The van der Waals surface area contributed by atoms with Crippen molar-refractivity contribution >= 4 is 22.7 Å². The lowest BCUT2D eigenvalue weighted by Crippen LogP contribution is -2.22. The van der Waals surface area contributed by atoms with Crippen LogP contribution in [0.1, 0.15) is 12.5 Å². The third-order valence-corrected chi connectivity index (χ3v) is 4.62. The van der Waals surface area contributed by atoms with Crippen molar-refractivity contribution in [2.24, 2.45) is 0 Å². The Hall–Kier alpha value is -2.33. The molecule has 0 aliphatic carbocycles. The number of thioether (sulfide) groups is 1. The molecule has 0 amide bonds. The highest BCUT2D eigenvalue weighted by atomic mass is 32.2. The van der Waals surface area contributed by atoms with Gasteiger partial charge in [0.25, 0.3) is 5.56 Å². The highest BCUT2D eigenvalue weighted by Gasteiger charge is 2.14. The van der Waals surface area contributed by atoms with Crippen LogP contribution in [-0.4, -0.2) is 15.3 Å². The minimum Gasteiger partial charge on any atom is -0.268 e. The second-order valence-electron chi connectivity index (χ2n) is 5.13. The van der Waals surface area contributed by atoms with Gasteiger partial charge in [0.05, 0.1) is 16.6 Å². The summed E-state index contributed by atoms with van der Waals surface area (Å²) >= 11 is 1.52. The Bertz CT molecular complexity index is 915. The highest BCUT2D eigenvalue weighted by molar-refractivity contribution is 7.99. The van der Waals surface area contributed by atoms with Gasteiger partial charge in [0.1, 0.15) is 0 Å². The van der Waals surface area contributed by atoms with Gasteiger partial charge in [-0.2, -0.15) is 0 Å². The summed E-state index contributed by atoms with van der Waals surface area (Å²) in [6.07, 6.45) is 2.68. The molecule has 0 radical (unpaired) electrons. The molecule has 3 nitrogen and oxygen atoms in total. The minimum atomic E-state index is -0.0249. The zero-order valence-corrected chi connectivity index (χ0v) is 13.8. The van der Waals surface area contributed by atoms with Crippen LogP contribution in [0.15, 0.2) is 71.1 Å². The Morgan fingerprint density at radius 1 is 1.17 bits per heavy atom. The van der Waals surface area contributed by atoms with Crippen molar-refractivity contribution in [2.75, 3.05) is 5.75 Å². The van der Waals surface area contributed by atoms with Crippen LogP contribution in [0, 0.1) is 0 Å². The SMILES string of the molecule is C=CCSc1nc2ccccc2c(=O)n1-c1ccccc1CC. The van der Waals surface area contributed by atoms with Gasteiger partial charge >= 0.3 is 0 Å². The first-order valence-corrected chi connectivity index (χ1v) is 8.58. The van der Waals surface area contributed by atoms with E-state index in [9.17, 15) is 4.79 Å². The van der Waals surface area contributed by atoms with Crippen LogP contribution in [0.25, 0.3) is 16.6 Å². The predicted molar refractivity (Wildman–Crippen MR) is 97.6 cm³/mol. The van der Waals surface area contributed by atoms with Crippen LogP contribution in [0.5, 0.6) is 0 Å². The lowest BCUT2D eigenvalue weighted by molar-refractivity contribution is 0.809. The Morgan fingerprint density at radius 3 is 2.70 bits per heavy atom. The molecular weight excluding hydrogens is 304 g/mol. The molecule has 23 heavy (non-hydrogen) atoms. The predicted octanol–water partition coefficient (Wildman–Crippen LogP) is 4.23. The first-order valence-electron chi connectivity index (χ1n) is 7.60. The fourth-order valence-electron chi connectivity index (χ4n) is 2.58. The van der Waals surface area contributed by atoms with Crippen LogP contribution < -0.4 is 5.56 Å². The molecule has 0 aliphatic rings. The van der Waals surface area contributed by atoms with Gasteiger partial charge in [-0.3, -0.25) is 9.36 Å². The maximum atomic E-state index is 13.1. The fraction of sp³-hybridized carbons (Fsp3) is 0.158. The molecule has 0 saturated heterocycles. The lowest BCUT2D eigenvalue weighted by Gasteiger charge is -2.15. The summed E-state index contributed by atoms with van der Waals surface area (Å²) in [5.41, 5.74) is 2.74. The van der Waals surface area contributed by atoms with Gasteiger partial charge in [-0.15, -0.1) is 6.58 Å². The van der Waals surface area contributed by atoms with Gasteiger partial charge in [0.2, 0.25) is 0 Å². The standard InChI is InChI=1S/C19H18N2OS/c1-3-13-23-19-20-16-11-7-6-10-15(16)18(22)21(19)17-12-8-5-9-14(17)4-2/h3,5-12H,1,4,13H2,2H3. The largest absolute Gasteiger partial charge is 0.268 e. The molecule has 3 rings (SSSR count). The number of para-hydroxylation sites is 2. The molecule has 2 aromatic carbocycles. The Kier molecular flexibility index (Phi) is 4.63. The summed E-state index contributed by atoms with van der Waals surface area (Å²) < 4.78 is 1.73. The van der Waals surface area contributed by atoms with E-state index in [-0.39, 0.29) is 5.56 Å². The number of nitrogens with zero attached hydrogens (tertiary/aromatic N) is 2. The molecule has 0 saturated carbocycles. The zero-order chi connectivity index (χ0) is 16.2. The number of aryl methyl sites for hydroxylation is 1. The van der Waals surface area contributed by atoms with Crippen LogP contribution in [0.4, 0.5) is 0 Å². The Balaban J connectivity index is 2.34. The summed E-state index contributed by atoms with van der Waals surface area (Å²) in [5.74, 6) is 0.707. The molecule has 1 aromatic heterocycles. The van der Waals surface area contributed by atoms with Crippen molar-refractivity contribution in [2.45, 2.75) is 18.5 Å². The van der Waals surface area contributed by atoms with E-state index in [2.05, 4.69) is 19.6 Å². The number of benzene rings is 2. The van der Waals surface area contributed by atoms with E-state index >= 15 is 0 Å². The molecule has 0 N–H and O–H groups in total. The maximum Gasteiger partial charge on any atom is 0.266 e. The van der Waals surface area contributed by atoms with Crippen molar-refractivity contribution in [3.63, 3.8) is 0 Å².